The predicted molar refractivity (Wildman–Crippen MR) is 129 cm³/mol. The number of anilines is 1. The van der Waals surface area contributed by atoms with Gasteiger partial charge in [0.1, 0.15) is 16.0 Å². The van der Waals surface area contributed by atoms with E-state index in [4.69, 9.17) is 11.6 Å². The maximum absolute atomic E-state index is 11.5. The van der Waals surface area contributed by atoms with Gasteiger partial charge in [-0.25, -0.2) is 19.7 Å². The van der Waals surface area contributed by atoms with Crippen LogP contribution in [0.1, 0.15) is 35.7 Å². The normalized spacial score (nSPS) is 18.8. The molecular formula is C24H24ClN5O2S. The van der Waals surface area contributed by atoms with E-state index in [2.05, 4.69) is 37.3 Å². The summed E-state index contributed by atoms with van der Waals surface area (Å²) in [5.41, 5.74) is 3.18. The molecule has 2 aromatic heterocycles. The molecule has 170 valence electrons. The lowest BCUT2D eigenvalue weighted by Gasteiger charge is -2.43. The highest BCUT2D eigenvalue weighted by atomic mass is 35.5. The van der Waals surface area contributed by atoms with Crippen molar-refractivity contribution in [2.24, 2.45) is 5.41 Å². The van der Waals surface area contributed by atoms with Crippen molar-refractivity contribution in [1.29, 1.82) is 0 Å². The fourth-order valence-electron chi connectivity index (χ4n) is 5.01. The van der Waals surface area contributed by atoms with Crippen molar-refractivity contribution in [2.45, 2.75) is 36.1 Å². The zero-order valence-electron chi connectivity index (χ0n) is 17.9. The number of piperidine rings is 1. The SMILES string of the molecule is O=C(O)N[C@@H]1c2ccccc2CC12CCN(c1cnc(SCc3cccc(Cl)n3)cn1)CC2. The highest BCUT2D eigenvalue weighted by Gasteiger charge is 2.48. The monoisotopic (exact) mass is 481 g/mol. The molecule has 3 heterocycles. The standard InChI is InChI=1S/C24H24ClN5O2S/c25-19-7-3-5-17(28-19)15-33-21-14-26-20(13-27-21)30-10-8-24(9-11-30)12-16-4-1-2-6-18(16)22(24)29-23(31)32/h1-7,13-14,22,29H,8-12,15H2,(H,31,32)/t22-/m1/s1. The minimum atomic E-state index is -0.967. The average Bonchev–Trinajstić information content (AvgIpc) is 3.11. The van der Waals surface area contributed by atoms with E-state index in [-0.39, 0.29) is 11.5 Å². The Kier molecular flexibility index (Phi) is 6.12. The van der Waals surface area contributed by atoms with E-state index in [9.17, 15) is 9.90 Å². The van der Waals surface area contributed by atoms with Gasteiger partial charge < -0.3 is 15.3 Å². The maximum Gasteiger partial charge on any atom is 0.405 e. The highest BCUT2D eigenvalue weighted by Crippen LogP contribution is 2.52. The molecule has 1 aliphatic carbocycles. The molecule has 3 aromatic rings. The smallest absolute Gasteiger partial charge is 0.405 e. The number of carbonyl (C=O) groups is 1. The van der Waals surface area contributed by atoms with Crippen LogP contribution in [0.5, 0.6) is 0 Å². The van der Waals surface area contributed by atoms with E-state index >= 15 is 0 Å². The van der Waals surface area contributed by atoms with Crippen molar-refractivity contribution >= 4 is 35.3 Å². The second-order valence-electron chi connectivity index (χ2n) is 8.56. The first-order chi connectivity index (χ1) is 16.0. The van der Waals surface area contributed by atoms with Gasteiger partial charge in [0.05, 0.1) is 24.1 Å². The lowest BCUT2D eigenvalue weighted by Crippen LogP contribution is -2.46. The summed E-state index contributed by atoms with van der Waals surface area (Å²) < 4.78 is 0. The Hall–Kier alpha value is -2.84. The van der Waals surface area contributed by atoms with Crippen LogP contribution in [0.15, 0.2) is 59.9 Å². The topological polar surface area (TPSA) is 91.2 Å². The van der Waals surface area contributed by atoms with Crippen molar-refractivity contribution in [3.05, 3.63) is 76.8 Å². The number of hydrogen-bond donors (Lipinski definition) is 2. The summed E-state index contributed by atoms with van der Waals surface area (Å²) >= 11 is 7.53. The Balaban J connectivity index is 1.23. The fraction of sp³-hybridized carbons (Fsp3) is 0.333. The Bertz CT molecular complexity index is 1150. The van der Waals surface area contributed by atoms with E-state index in [1.807, 2.05) is 30.5 Å². The number of benzene rings is 1. The minimum absolute atomic E-state index is 0.0915. The summed E-state index contributed by atoms with van der Waals surface area (Å²) in [4.78, 5) is 27.3. The number of halogens is 1. The summed E-state index contributed by atoms with van der Waals surface area (Å²) in [6.07, 6.45) is 5.35. The van der Waals surface area contributed by atoms with Crippen LogP contribution < -0.4 is 10.2 Å². The molecule has 2 N–H and O–H groups in total. The van der Waals surface area contributed by atoms with Gasteiger partial charge in [-0.15, -0.1) is 0 Å². The van der Waals surface area contributed by atoms with E-state index in [1.54, 1.807) is 24.0 Å². The fourth-order valence-corrected chi connectivity index (χ4v) is 5.91. The van der Waals surface area contributed by atoms with Crippen LogP contribution in [0.2, 0.25) is 5.15 Å². The van der Waals surface area contributed by atoms with Crippen LogP contribution in [-0.4, -0.2) is 39.2 Å². The molecule has 1 fully saturated rings. The average molecular weight is 482 g/mol. The van der Waals surface area contributed by atoms with Crippen molar-refractivity contribution in [1.82, 2.24) is 20.3 Å². The van der Waals surface area contributed by atoms with E-state index < -0.39 is 6.09 Å². The molecule has 5 rings (SSSR count). The molecular weight excluding hydrogens is 458 g/mol. The predicted octanol–water partition coefficient (Wildman–Crippen LogP) is 4.97. The molecule has 1 atom stereocenters. The third-order valence-corrected chi connectivity index (χ3v) is 7.78. The molecule has 7 nitrogen and oxygen atoms in total. The number of aromatic nitrogens is 3. The van der Waals surface area contributed by atoms with E-state index in [0.29, 0.717) is 10.9 Å². The van der Waals surface area contributed by atoms with Gasteiger partial charge in [-0.05, 0) is 42.5 Å². The second kappa shape index (κ2) is 9.19. The van der Waals surface area contributed by atoms with Crippen LogP contribution in [0.25, 0.3) is 0 Å². The molecule has 0 radical (unpaired) electrons. The zero-order valence-corrected chi connectivity index (χ0v) is 19.5. The molecule has 0 unspecified atom stereocenters. The van der Waals surface area contributed by atoms with Gasteiger partial charge >= 0.3 is 6.09 Å². The number of pyridine rings is 1. The summed E-state index contributed by atoms with van der Waals surface area (Å²) in [7, 11) is 0. The first-order valence-corrected chi connectivity index (χ1v) is 12.3. The van der Waals surface area contributed by atoms with Crippen molar-refractivity contribution in [2.75, 3.05) is 18.0 Å². The van der Waals surface area contributed by atoms with Gasteiger partial charge in [-0.2, -0.15) is 0 Å². The second-order valence-corrected chi connectivity index (χ2v) is 9.94. The Morgan fingerprint density at radius 2 is 1.97 bits per heavy atom. The number of fused-ring (bicyclic) bond motifs is 1. The molecule has 0 bridgehead atoms. The third-order valence-electron chi connectivity index (χ3n) is 6.63. The zero-order chi connectivity index (χ0) is 22.8. The van der Waals surface area contributed by atoms with E-state index in [1.165, 1.54) is 5.56 Å². The first kappa shape index (κ1) is 22.0. The Morgan fingerprint density at radius 3 is 2.70 bits per heavy atom. The maximum atomic E-state index is 11.5. The molecule has 1 aromatic carbocycles. The number of carboxylic acid groups (broad SMARTS) is 1. The van der Waals surface area contributed by atoms with Crippen LogP contribution in [0, 0.1) is 5.41 Å². The summed E-state index contributed by atoms with van der Waals surface area (Å²) in [6.45, 7) is 1.64. The van der Waals surface area contributed by atoms with Crippen LogP contribution >= 0.6 is 23.4 Å². The summed E-state index contributed by atoms with van der Waals surface area (Å²) in [5, 5.41) is 13.6. The Labute approximate surface area is 201 Å². The minimum Gasteiger partial charge on any atom is -0.465 e. The van der Waals surface area contributed by atoms with Gasteiger partial charge in [0, 0.05) is 24.3 Å². The first-order valence-electron chi connectivity index (χ1n) is 10.9. The van der Waals surface area contributed by atoms with Gasteiger partial charge in [-0.3, -0.25) is 0 Å². The number of thioether (sulfide) groups is 1. The van der Waals surface area contributed by atoms with Gasteiger partial charge in [0.15, 0.2) is 0 Å². The van der Waals surface area contributed by atoms with Crippen LogP contribution in [0.3, 0.4) is 0 Å². The number of rotatable bonds is 5. The molecule has 1 spiro atoms. The molecule has 2 aliphatic rings. The van der Waals surface area contributed by atoms with Crippen LogP contribution in [-0.2, 0) is 12.2 Å². The lowest BCUT2D eigenvalue weighted by molar-refractivity contribution is 0.141. The largest absolute Gasteiger partial charge is 0.465 e. The van der Waals surface area contributed by atoms with Crippen LogP contribution in [0.4, 0.5) is 10.6 Å². The van der Waals surface area contributed by atoms with Crippen molar-refractivity contribution in [3.63, 3.8) is 0 Å². The molecule has 0 saturated carbocycles. The molecule has 1 amide bonds. The quantitative estimate of drug-likeness (QED) is 0.392. The molecule has 1 saturated heterocycles. The van der Waals surface area contributed by atoms with Gasteiger partial charge in [0.25, 0.3) is 0 Å². The van der Waals surface area contributed by atoms with Gasteiger partial charge in [0.2, 0.25) is 0 Å². The molecule has 33 heavy (non-hydrogen) atoms. The van der Waals surface area contributed by atoms with Crippen molar-refractivity contribution < 1.29 is 9.90 Å². The highest BCUT2D eigenvalue weighted by molar-refractivity contribution is 7.98. The number of amides is 1. The van der Waals surface area contributed by atoms with Crippen molar-refractivity contribution in [3.8, 4) is 0 Å². The number of hydrogen-bond acceptors (Lipinski definition) is 6. The number of nitrogens with one attached hydrogen (secondary N) is 1. The third kappa shape index (κ3) is 4.63. The Morgan fingerprint density at radius 1 is 1.15 bits per heavy atom. The van der Waals surface area contributed by atoms with Gasteiger partial charge in [-0.1, -0.05) is 53.7 Å². The molecule has 9 heteroatoms. The summed E-state index contributed by atoms with van der Waals surface area (Å²) in [6, 6.07) is 13.6. The number of nitrogens with zero attached hydrogens (tertiary/aromatic N) is 4. The van der Waals surface area contributed by atoms with E-state index in [0.717, 1.165) is 54.5 Å². The molecule has 1 aliphatic heterocycles. The lowest BCUT2D eigenvalue weighted by atomic mass is 9.72. The summed E-state index contributed by atoms with van der Waals surface area (Å²) in [5.74, 6) is 1.53.